The Balaban J connectivity index is 1.74. The minimum atomic E-state index is -0.616. The molecule has 0 heterocycles. The van der Waals surface area contributed by atoms with Crippen molar-refractivity contribution in [1.82, 2.24) is 10.2 Å². The van der Waals surface area contributed by atoms with Crippen molar-refractivity contribution in [3.8, 4) is 0 Å². The van der Waals surface area contributed by atoms with Gasteiger partial charge in [-0.25, -0.2) is 0 Å². The summed E-state index contributed by atoms with van der Waals surface area (Å²) in [7, 11) is 0. The van der Waals surface area contributed by atoms with Crippen LogP contribution in [0.1, 0.15) is 69.1 Å². The van der Waals surface area contributed by atoms with Crippen LogP contribution in [0.5, 0.6) is 0 Å². The van der Waals surface area contributed by atoms with Gasteiger partial charge in [-0.3, -0.25) is 9.59 Å². The summed E-state index contributed by atoms with van der Waals surface area (Å²) in [6, 6.07) is 13.2. The molecular weight excluding hydrogens is 455 g/mol. The zero-order valence-electron chi connectivity index (χ0n) is 19.6. The molecule has 2 aromatic carbocycles. The molecule has 0 bridgehead atoms. The molecule has 1 atom stereocenters. The molecule has 3 rings (SSSR count). The summed E-state index contributed by atoms with van der Waals surface area (Å²) in [6.45, 7) is 4.11. The summed E-state index contributed by atoms with van der Waals surface area (Å²) < 4.78 is 0. The van der Waals surface area contributed by atoms with Gasteiger partial charge in [0.1, 0.15) is 6.04 Å². The van der Waals surface area contributed by atoms with E-state index in [1.165, 1.54) is 12.0 Å². The Morgan fingerprint density at radius 3 is 2.21 bits per heavy atom. The van der Waals surface area contributed by atoms with Crippen LogP contribution < -0.4 is 5.32 Å². The Labute approximate surface area is 207 Å². The zero-order valence-corrected chi connectivity index (χ0v) is 21.1. The quantitative estimate of drug-likeness (QED) is 0.446. The molecule has 0 radical (unpaired) electrons. The predicted octanol–water partition coefficient (Wildman–Crippen LogP) is 6.35. The molecule has 2 aromatic rings. The number of carbonyl (C=O) groups is 2. The van der Waals surface area contributed by atoms with Crippen LogP contribution in [0.15, 0.2) is 42.5 Å². The fourth-order valence-corrected chi connectivity index (χ4v) is 4.86. The van der Waals surface area contributed by atoms with Gasteiger partial charge in [0.15, 0.2) is 0 Å². The number of nitrogens with zero attached hydrogens (tertiary/aromatic N) is 1. The zero-order chi connectivity index (χ0) is 23.8. The van der Waals surface area contributed by atoms with Crippen LogP contribution in [0.2, 0.25) is 10.0 Å². The van der Waals surface area contributed by atoms with Crippen molar-refractivity contribution in [2.24, 2.45) is 0 Å². The number of rotatable bonds is 9. The third-order valence-corrected chi connectivity index (χ3v) is 7.28. The van der Waals surface area contributed by atoms with E-state index >= 15 is 0 Å². The van der Waals surface area contributed by atoms with Gasteiger partial charge in [0.25, 0.3) is 0 Å². The molecule has 0 spiro atoms. The second kappa shape index (κ2) is 12.4. The molecule has 0 aliphatic heterocycles. The Morgan fingerprint density at radius 1 is 1.00 bits per heavy atom. The number of hydrogen-bond acceptors (Lipinski definition) is 2. The summed E-state index contributed by atoms with van der Waals surface area (Å²) in [5.74, 6) is -0.206. The van der Waals surface area contributed by atoms with E-state index in [2.05, 4.69) is 36.5 Å². The van der Waals surface area contributed by atoms with Crippen LogP contribution >= 0.6 is 23.2 Å². The van der Waals surface area contributed by atoms with Gasteiger partial charge in [-0.1, -0.05) is 79.7 Å². The lowest BCUT2D eigenvalue weighted by molar-refractivity contribution is -0.141. The SMILES string of the molecule is CCc1ccc(CCC(=O)N(Cc2c(Cl)cccc2Cl)[C@H](C)C(=O)NC2CCCCC2)cc1. The van der Waals surface area contributed by atoms with Gasteiger partial charge in [0.2, 0.25) is 11.8 Å². The monoisotopic (exact) mass is 488 g/mol. The van der Waals surface area contributed by atoms with Crippen molar-refractivity contribution < 1.29 is 9.59 Å². The highest BCUT2D eigenvalue weighted by atomic mass is 35.5. The number of hydrogen-bond donors (Lipinski definition) is 1. The normalized spacial score (nSPS) is 15.2. The first-order valence-electron chi connectivity index (χ1n) is 12.0. The first kappa shape index (κ1) is 25.6. The molecule has 6 heteroatoms. The Hall–Kier alpha value is -2.04. The van der Waals surface area contributed by atoms with E-state index in [-0.39, 0.29) is 24.4 Å². The first-order valence-corrected chi connectivity index (χ1v) is 12.7. The van der Waals surface area contributed by atoms with E-state index in [1.807, 2.05) is 0 Å². The Bertz CT molecular complexity index is 919. The van der Waals surface area contributed by atoms with E-state index in [0.717, 1.165) is 37.7 Å². The topological polar surface area (TPSA) is 49.4 Å². The lowest BCUT2D eigenvalue weighted by Crippen LogP contribution is -2.50. The summed E-state index contributed by atoms with van der Waals surface area (Å²) in [6.07, 6.45) is 7.40. The highest BCUT2D eigenvalue weighted by molar-refractivity contribution is 6.36. The Kier molecular flexibility index (Phi) is 9.64. The van der Waals surface area contributed by atoms with Crippen LogP contribution in [-0.4, -0.2) is 28.8 Å². The number of benzene rings is 2. The third-order valence-electron chi connectivity index (χ3n) is 6.57. The van der Waals surface area contributed by atoms with Gasteiger partial charge in [-0.15, -0.1) is 0 Å². The van der Waals surface area contributed by atoms with Crippen LogP contribution in [-0.2, 0) is 29.0 Å². The molecular formula is C27H34Cl2N2O2. The van der Waals surface area contributed by atoms with Crippen molar-refractivity contribution in [3.05, 3.63) is 69.2 Å². The minimum Gasteiger partial charge on any atom is -0.352 e. The van der Waals surface area contributed by atoms with Gasteiger partial charge >= 0.3 is 0 Å². The van der Waals surface area contributed by atoms with E-state index in [4.69, 9.17) is 23.2 Å². The van der Waals surface area contributed by atoms with E-state index in [0.29, 0.717) is 28.5 Å². The second-order valence-electron chi connectivity index (χ2n) is 8.91. The maximum Gasteiger partial charge on any atom is 0.242 e. The number of nitrogens with one attached hydrogen (secondary N) is 1. The van der Waals surface area contributed by atoms with Crippen LogP contribution in [0.4, 0.5) is 0 Å². The van der Waals surface area contributed by atoms with E-state index in [9.17, 15) is 9.59 Å². The molecule has 1 fully saturated rings. The van der Waals surface area contributed by atoms with Gasteiger partial charge in [0.05, 0.1) is 0 Å². The largest absolute Gasteiger partial charge is 0.352 e. The van der Waals surface area contributed by atoms with Crippen molar-refractivity contribution in [2.75, 3.05) is 0 Å². The molecule has 1 saturated carbocycles. The third kappa shape index (κ3) is 7.22. The molecule has 178 valence electrons. The average Bonchev–Trinajstić information content (AvgIpc) is 2.83. The standard InChI is InChI=1S/C27H34Cl2N2O2/c1-3-20-12-14-21(15-13-20)16-17-26(32)31(18-23-24(28)10-7-11-25(23)29)19(2)27(33)30-22-8-5-4-6-9-22/h7,10-15,19,22H,3-6,8-9,16-18H2,1-2H3,(H,30,33)/t19-/m1/s1. The van der Waals surface area contributed by atoms with Crippen molar-refractivity contribution >= 4 is 35.0 Å². The predicted molar refractivity (Wildman–Crippen MR) is 136 cm³/mol. The molecule has 33 heavy (non-hydrogen) atoms. The lowest BCUT2D eigenvalue weighted by atomic mass is 9.95. The molecule has 0 aromatic heterocycles. The minimum absolute atomic E-state index is 0.0863. The van der Waals surface area contributed by atoms with Crippen molar-refractivity contribution in [3.63, 3.8) is 0 Å². The molecule has 1 N–H and O–H groups in total. The Morgan fingerprint density at radius 2 is 1.61 bits per heavy atom. The maximum absolute atomic E-state index is 13.4. The molecule has 2 amide bonds. The average molecular weight is 489 g/mol. The van der Waals surface area contributed by atoms with Gasteiger partial charge in [-0.05, 0) is 55.9 Å². The molecule has 0 saturated heterocycles. The van der Waals surface area contributed by atoms with Crippen LogP contribution in [0.25, 0.3) is 0 Å². The van der Waals surface area contributed by atoms with Gasteiger partial charge < -0.3 is 10.2 Å². The smallest absolute Gasteiger partial charge is 0.242 e. The molecule has 4 nitrogen and oxygen atoms in total. The molecule has 1 aliphatic carbocycles. The van der Waals surface area contributed by atoms with E-state index < -0.39 is 6.04 Å². The van der Waals surface area contributed by atoms with E-state index in [1.54, 1.807) is 30.0 Å². The highest BCUT2D eigenvalue weighted by Gasteiger charge is 2.29. The highest BCUT2D eigenvalue weighted by Crippen LogP contribution is 2.27. The fraction of sp³-hybridized carbons (Fsp3) is 0.481. The number of halogens is 2. The maximum atomic E-state index is 13.4. The summed E-state index contributed by atoms with van der Waals surface area (Å²) in [4.78, 5) is 28.1. The van der Waals surface area contributed by atoms with Gasteiger partial charge in [-0.2, -0.15) is 0 Å². The van der Waals surface area contributed by atoms with Crippen LogP contribution in [0.3, 0.4) is 0 Å². The summed E-state index contributed by atoms with van der Waals surface area (Å²) >= 11 is 12.8. The number of aryl methyl sites for hydroxylation is 2. The summed E-state index contributed by atoms with van der Waals surface area (Å²) in [5.41, 5.74) is 3.04. The number of amides is 2. The molecule has 0 unspecified atom stereocenters. The first-order chi connectivity index (χ1) is 15.9. The van der Waals surface area contributed by atoms with Crippen molar-refractivity contribution in [2.45, 2.75) is 83.8 Å². The lowest BCUT2D eigenvalue weighted by Gasteiger charge is -2.31. The van der Waals surface area contributed by atoms with Crippen molar-refractivity contribution in [1.29, 1.82) is 0 Å². The summed E-state index contributed by atoms with van der Waals surface area (Å²) in [5, 5.41) is 4.15. The van der Waals surface area contributed by atoms with Crippen LogP contribution in [0, 0.1) is 0 Å². The fourth-order valence-electron chi connectivity index (χ4n) is 4.34. The van der Waals surface area contributed by atoms with Gasteiger partial charge in [0, 0.05) is 34.6 Å². The second-order valence-corrected chi connectivity index (χ2v) is 9.73. The molecule has 1 aliphatic rings. The number of carbonyl (C=O) groups excluding carboxylic acids is 2.